The normalized spacial score (nSPS) is 20.7. The maximum atomic E-state index is 10.9. The summed E-state index contributed by atoms with van der Waals surface area (Å²) in [4.78, 5) is 4.16. The summed E-state index contributed by atoms with van der Waals surface area (Å²) in [5, 5.41) is 9.94. The molecule has 22 heavy (non-hydrogen) atoms. The van der Waals surface area contributed by atoms with Gasteiger partial charge >= 0.3 is 0 Å². The van der Waals surface area contributed by atoms with E-state index < -0.39 is 16.2 Å². The van der Waals surface area contributed by atoms with Gasteiger partial charge in [0.05, 0.1) is 25.2 Å². The Labute approximate surface area is 130 Å². The van der Waals surface area contributed by atoms with E-state index in [-0.39, 0.29) is 19.5 Å². The van der Waals surface area contributed by atoms with Crippen molar-refractivity contribution < 1.29 is 27.2 Å². The molecule has 1 unspecified atom stereocenters. The molecule has 2 rings (SSSR count). The Morgan fingerprint density at radius 3 is 3.00 bits per heavy atom. The largest absolute Gasteiger partial charge is 0.386 e. The quantitative estimate of drug-likeness (QED) is 0.748. The van der Waals surface area contributed by atoms with Gasteiger partial charge in [-0.25, -0.2) is 0 Å². The number of ether oxygens (including phenoxy) is 2. The van der Waals surface area contributed by atoms with E-state index in [4.69, 9.17) is 9.47 Å². The summed E-state index contributed by atoms with van der Waals surface area (Å²) in [5.74, 6) is 0. The lowest BCUT2D eigenvalue weighted by atomic mass is 10.1. The third kappa shape index (κ3) is 5.98. The maximum absolute atomic E-state index is 10.9. The molecule has 0 saturated carbocycles. The Hall–Kier alpha value is -1.06. The van der Waals surface area contributed by atoms with Crippen molar-refractivity contribution in [1.29, 1.82) is 0 Å². The van der Waals surface area contributed by atoms with Crippen LogP contribution in [0, 0.1) is 0 Å². The van der Waals surface area contributed by atoms with E-state index in [9.17, 15) is 13.5 Å². The smallest absolute Gasteiger partial charge is 0.264 e. The van der Waals surface area contributed by atoms with E-state index in [1.54, 1.807) is 18.3 Å². The van der Waals surface area contributed by atoms with Crippen molar-refractivity contribution in [1.82, 2.24) is 4.98 Å². The molecule has 0 amide bonds. The monoisotopic (exact) mass is 331 g/mol. The minimum atomic E-state index is -3.58. The third-order valence-corrected chi connectivity index (χ3v) is 3.78. The Bertz CT molecular complexity index is 570. The molecule has 7 nitrogen and oxygen atoms in total. The molecule has 1 N–H and O–H groups in total. The Morgan fingerprint density at radius 2 is 2.32 bits per heavy atom. The minimum Gasteiger partial charge on any atom is -0.386 e. The highest BCUT2D eigenvalue weighted by molar-refractivity contribution is 7.85. The number of rotatable bonds is 7. The van der Waals surface area contributed by atoms with Crippen LogP contribution in [0.5, 0.6) is 0 Å². The molecule has 0 aromatic carbocycles. The molecule has 0 radical (unpaired) electrons. The summed E-state index contributed by atoms with van der Waals surface area (Å²) in [6.45, 7) is 0.659. The zero-order chi connectivity index (χ0) is 16.0. The van der Waals surface area contributed by atoms with Gasteiger partial charge in [-0.1, -0.05) is 0 Å². The number of aliphatic hydroxyl groups excluding tert-OH is 1. The number of aromatic nitrogens is 1. The van der Waals surface area contributed by atoms with E-state index in [1.165, 1.54) is 0 Å². The fourth-order valence-electron chi connectivity index (χ4n) is 2.09. The molecular formula is C14H21NO6S. The van der Waals surface area contributed by atoms with E-state index in [0.717, 1.165) is 25.5 Å². The van der Waals surface area contributed by atoms with Crippen LogP contribution in [-0.2, 0) is 30.4 Å². The molecule has 1 aromatic rings. The molecular weight excluding hydrogens is 310 g/mol. The lowest BCUT2D eigenvalue weighted by Crippen LogP contribution is -2.22. The summed E-state index contributed by atoms with van der Waals surface area (Å²) in [6.07, 6.45) is 4.24. The standard InChI is InChI=1S/C14H21NO6S/c1-22(17,18)21-10-13(16)11-5-6-15-12(8-11)9-20-14-4-2-3-7-19-14/h5-6,8,13-14,16H,2-4,7,9-10H2,1H3/t13-,14?/m1/s1. The fraction of sp³-hybridized carbons (Fsp3) is 0.643. The lowest BCUT2D eigenvalue weighted by Gasteiger charge is -2.22. The van der Waals surface area contributed by atoms with Crippen molar-refractivity contribution >= 4 is 10.1 Å². The second-order valence-electron chi connectivity index (χ2n) is 5.19. The van der Waals surface area contributed by atoms with Gasteiger partial charge in [0.1, 0.15) is 6.10 Å². The maximum Gasteiger partial charge on any atom is 0.264 e. The molecule has 1 aromatic heterocycles. The van der Waals surface area contributed by atoms with Gasteiger partial charge in [0.25, 0.3) is 10.1 Å². The predicted octanol–water partition coefficient (Wildman–Crippen LogP) is 1.13. The number of nitrogens with zero attached hydrogens (tertiary/aromatic N) is 1. The van der Waals surface area contributed by atoms with Crippen molar-refractivity contribution in [2.24, 2.45) is 0 Å². The van der Waals surface area contributed by atoms with Crippen molar-refractivity contribution in [3.05, 3.63) is 29.6 Å². The third-order valence-electron chi connectivity index (χ3n) is 3.22. The zero-order valence-corrected chi connectivity index (χ0v) is 13.3. The Kier molecular flexibility index (Phi) is 6.27. The second-order valence-corrected chi connectivity index (χ2v) is 6.84. The van der Waals surface area contributed by atoms with Crippen LogP contribution >= 0.6 is 0 Å². The molecule has 2 heterocycles. The van der Waals surface area contributed by atoms with Gasteiger partial charge in [-0.3, -0.25) is 9.17 Å². The molecule has 0 bridgehead atoms. The molecule has 1 aliphatic rings. The van der Waals surface area contributed by atoms with Crippen LogP contribution in [0.3, 0.4) is 0 Å². The fourth-order valence-corrected chi connectivity index (χ4v) is 2.46. The highest BCUT2D eigenvalue weighted by Gasteiger charge is 2.16. The molecule has 1 fully saturated rings. The first-order chi connectivity index (χ1) is 10.4. The zero-order valence-electron chi connectivity index (χ0n) is 12.5. The average molecular weight is 331 g/mol. The molecule has 0 spiro atoms. The summed E-state index contributed by atoms with van der Waals surface area (Å²) in [5.41, 5.74) is 1.17. The van der Waals surface area contributed by atoms with E-state index in [0.29, 0.717) is 17.9 Å². The number of hydrogen-bond acceptors (Lipinski definition) is 7. The van der Waals surface area contributed by atoms with Crippen LogP contribution in [0.2, 0.25) is 0 Å². The highest BCUT2D eigenvalue weighted by Crippen LogP contribution is 2.17. The number of aliphatic hydroxyl groups is 1. The summed E-state index contributed by atoms with van der Waals surface area (Å²) in [6, 6.07) is 3.27. The summed E-state index contributed by atoms with van der Waals surface area (Å²) >= 11 is 0. The van der Waals surface area contributed by atoms with Gasteiger partial charge < -0.3 is 14.6 Å². The van der Waals surface area contributed by atoms with Crippen molar-refractivity contribution in [3.8, 4) is 0 Å². The van der Waals surface area contributed by atoms with Gasteiger partial charge in [-0.05, 0) is 37.0 Å². The molecule has 1 aliphatic heterocycles. The van der Waals surface area contributed by atoms with Crippen LogP contribution in [0.15, 0.2) is 18.3 Å². The first-order valence-electron chi connectivity index (χ1n) is 7.14. The van der Waals surface area contributed by atoms with Crippen molar-refractivity contribution in [3.63, 3.8) is 0 Å². The Balaban J connectivity index is 1.88. The van der Waals surface area contributed by atoms with E-state index >= 15 is 0 Å². The molecule has 1 saturated heterocycles. The molecule has 8 heteroatoms. The van der Waals surface area contributed by atoms with Crippen LogP contribution in [0.4, 0.5) is 0 Å². The first kappa shape index (κ1) is 17.3. The van der Waals surface area contributed by atoms with E-state index in [1.807, 2.05) is 0 Å². The summed E-state index contributed by atoms with van der Waals surface area (Å²) in [7, 11) is -3.58. The van der Waals surface area contributed by atoms with Gasteiger partial charge in [-0.15, -0.1) is 0 Å². The van der Waals surface area contributed by atoms with Crippen molar-refractivity contribution in [2.45, 2.75) is 38.3 Å². The molecule has 2 atom stereocenters. The van der Waals surface area contributed by atoms with Crippen molar-refractivity contribution in [2.75, 3.05) is 19.5 Å². The van der Waals surface area contributed by atoms with Gasteiger partial charge in [0.2, 0.25) is 0 Å². The average Bonchev–Trinajstić information content (AvgIpc) is 2.51. The predicted molar refractivity (Wildman–Crippen MR) is 78.4 cm³/mol. The van der Waals surface area contributed by atoms with Crippen LogP contribution < -0.4 is 0 Å². The van der Waals surface area contributed by atoms with Crippen LogP contribution in [0.1, 0.15) is 36.6 Å². The highest BCUT2D eigenvalue weighted by atomic mass is 32.2. The number of pyridine rings is 1. The topological polar surface area (TPSA) is 95.0 Å². The van der Waals surface area contributed by atoms with Gasteiger partial charge in [-0.2, -0.15) is 8.42 Å². The van der Waals surface area contributed by atoms with Crippen LogP contribution in [-0.4, -0.2) is 44.3 Å². The van der Waals surface area contributed by atoms with Gasteiger partial charge in [0.15, 0.2) is 6.29 Å². The number of hydrogen-bond donors (Lipinski definition) is 1. The van der Waals surface area contributed by atoms with Crippen LogP contribution in [0.25, 0.3) is 0 Å². The van der Waals surface area contributed by atoms with E-state index in [2.05, 4.69) is 9.17 Å². The Morgan fingerprint density at radius 1 is 1.50 bits per heavy atom. The first-order valence-corrected chi connectivity index (χ1v) is 8.96. The van der Waals surface area contributed by atoms with Gasteiger partial charge in [0, 0.05) is 12.8 Å². The minimum absolute atomic E-state index is 0.210. The molecule has 124 valence electrons. The summed E-state index contributed by atoms with van der Waals surface area (Å²) < 4.78 is 37.5. The SMILES string of the molecule is CS(=O)(=O)OC[C@@H](O)c1ccnc(COC2CCCCO2)c1. The lowest BCUT2D eigenvalue weighted by molar-refractivity contribution is -0.169. The second kappa shape index (κ2) is 7.98. The molecule has 0 aliphatic carbocycles.